The lowest BCUT2D eigenvalue weighted by Crippen LogP contribution is -2.13. The molecule has 0 aliphatic carbocycles. The van der Waals surface area contributed by atoms with Gasteiger partial charge in [0.05, 0.1) is 42.5 Å². The van der Waals surface area contributed by atoms with Crippen molar-refractivity contribution in [3.8, 4) is 11.5 Å². The van der Waals surface area contributed by atoms with E-state index in [1.54, 1.807) is 30.5 Å². The zero-order valence-electron chi connectivity index (χ0n) is 15.5. The normalized spacial score (nSPS) is 10.2. The molecule has 0 fully saturated rings. The number of carbonyl (C=O) groups excluding carboxylic acids is 1. The number of carbonyl (C=O) groups is 1. The maximum Gasteiger partial charge on any atom is 0.257 e. The van der Waals surface area contributed by atoms with Crippen LogP contribution >= 0.6 is 11.6 Å². The quantitative estimate of drug-likeness (QED) is 0.577. The van der Waals surface area contributed by atoms with Crippen LogP contribution < -0.4 is 20.1 Å². The molecule has 0 unspecified atom stereocenters. The molecule has 144 valence electrons. The van der Waals surface area contributed by atoms with E-state index in [9.17, 15) is 4.79 Å². The van der Waals surface area contributed by atoms with Crippen molar-refractivity contribution in [3.63, 3.8) is 0 Å². The zero-order valence-corrected chi connectivity index (χ0v) is 16.3. The summed E-state index contributed by atoms with van der Waals surface area (Å²) < 4.78 is 10.9. The van der Waals surface area contributed by atoms with Gasteiger partial charge in [0.1, 0.15) is 11.5 Å². The first-order chi connectivity index (χ1) is 13.6. The first-order valence-corrected chi connectivity index (χ1v) is 9.07. The van der Waals surface area contributed by atoms with Gasteiger partial charge in [0.2, 0.25) is 0 Å². The van der Waals surface area contributed by atoms with Gasteiger partial charge in [0.25, 0.3) is 5.91 Å². The fourth-order valence-electron chi connectivity index (χ4n) is 2.61. The summed E-state index contributed by atoms with van der Waals surface area (Å²) in [5.74, 6) is 0.920. The first-order valence-electron chi connectivity index (χ1n) is 8.69. The number of amides is 1. The maximum atomic E-state index is 12.7. The molecule has 0 saturated heterocycles. The van der Waals surface area contributed by atoms with Crippen molar-refractivity contribution in [2.45, 2.75) is 6.92 Å². The van der Waals surface area contributed by atoms with Crippen LogP contribution in [0.5, 0.6) is 11.5 Å². The molecule has 0 bridgehead atoms. The van der Waals surface area contributed by atoms with Crippen LogP contribution in [0.15, 0.2) is 60.9 Å². The van der Waals surface area contributed by atoms with Gasteiger partial charge in [0.15, 0.2) is 0 Å². The molecule has 0 aliphatic rings. The number of nitrogens with one attached hydrogen (secondary N) is 2. The second kappa shape index (κ2) is 9.10. The van der Waals surface area contributed by atoms with Crippen molar-refractivity contribution < 1.29 is 14.3 Å². The number of ether oxygens (including phenoxy) is 2. The number of anilines is 3. The van der Waals surface area contributed by atoms with Gasteiger partial charge < -0.3 is 20.1 Å². The van der Waals surface area contributed by atoms with E-state index in [-0.39, 0.29) is 5.91 Å². The molecule has 7 heteroatoms. The van der Waals surface area contributed by atoms with E-state index in [0.717, 1.165) is 11.4 Å². The van der Waals surface area contributed by atoms with Crippen molar-refractivity contribution in [1.82, 2.24) is 4.98 Å². The molecule has 6 nitrogen and oxygen atoms in total. The molecule has 0 radical (unpaired) electrons. The lowest BCUT2D eigenvalue weighted by atomic mass is 10.2. The van der Waals surface area contributed by atoms with E-state index < -0.39 is 0 Å². The molecule has 28 heavy (non-hydrogen) atoms. The summed E-state index contributed by atoms with van der Waals surface area (Å²) in [6.45, 7) is 2.48. The van der Waals surface area contributed by atoms with E-state index >= 15 is 0 Å². The lowest BCUT2D eigenvalue weighted by molar-refractivity contribution is 0.102. The first kappa shape index (κ1) is 19.5. The summed E-state index contributed by atoms with van der Waals surface area (Å²) >= 11 is 6.02. The molecule has 0 saturated carbocycles. The molecule has 0 atom stereocenters. The Morgan fingerprint density at radius 2 is 1.89 bits per heavy atom. The number of para-hydroxylation sites is 2. The van der Waals surface area contributed by atoms with Crippen LogP contribution in [-0.2, 0) is 0 Å². The van der Waals surface area contributed by atoms with E-state index in [0.29, 0.717) is 34.3 Å². The van der Waals surface area contributed by atoms with Crippen LogP contribution in [0, 0.1) is 0 Å². The van der Waals surface area contributed by atoms with Gasteiger partial charge in [0, 0.05) is 11.2 Å². The van der Waals surface area contributed by atoms with E-state index in [1.807, 2.05) is 31.2 Å². The van der Waals surface area contributed by atoms with Gasteiger partial charge in [-0.25, -0.2) is 0 Å². The van der Waals surface area contributed by atoms with Gasteiger partial charge in [-0.2, -0.15) is 0 Å². The summed E-state index contributed by atoms with van der Waals surface area (Å²) in [7, 11) is 1.53. The Kier molecular flexibility index (Phi) is 6.34. The van der Waals surface area contributed by atoms with E-state index in [1.165, 1.54) is 13.3 Å². The Hall–Kier alpha value is -3.25. The van der Waals surface area contributed by atoms with Crippen molar-refractivity contribution in [2.24, 2.45) is 0 Å². The van der Waals surface area contributed by atoms with Gasteiger partial charge in [-0.1, -0.05) is 23.7 Å². The van der Waals surface area contributed by atoms with E-state index in [2.05, 4.69) is 15.6 Å². The van der Waals surface area contributed by atoms with Crippen molar-refractivity contribution >= 4 is 34.6 Å². The van der Waals surface area contributed by atoms with Gasteiger partial charge in [-0.3, -0.25) is 9.78 Å². The summed E-state index contributed by atoms with van der Waals surface area (Å²) in [5, 5.41) is 6.53. The SMILES string of the molecule is CCOc1ccccc1Nc1cncc(C(=O)Nc2cc(Cl)ccc2OC)c1. The highest BCUT2D eigenvalue weighted by molar-refractivity contribution is 6.31. The fraction of sp³-hybridized carbons (Fsp3) is 0.143. The molecule has 0 spiro atoms. The smallest absolute Gasteiger partial charge is 0.257 e. The maximum absolute atomic E-state index is 12.7. The molecule has 2 N–H and O–H groups in total. The van der Waals surface area contributed by atoms with Crippen LogP contribution in [0.3, 0.4) is 0 Å². The zero-order chi connectivity index (χ0) is 19.9. The number of pyridine rings is 1. The number of nitrogens with zero attached hydrogens (tertiary/aromatic N) is 1. The van der Waals surface area contributed by atoms with Crippen LogP contribution in [0.25, 0.3) is 0 Å². The predicted molar refractivity (Wildman–Crippen MR) is 111 cm³/mol. The number of methoxy groups -OCH3 is 1. The van der Waals surface area contributed by atoms with Gasteiger partial charge >= 0.3 is 0 Å². The van der Waals surface area contributed by atoms with Crippen LogP contribution in [0.4, 0.5) is 17.1 Å². The minimum absolute atomic E-state index is 0.324. The Morgan fingerprint density at radius 3 is 2.68 bits per heavy atom. The average molecular weight is 398 g/mol. The number of aromatic nitrogens is 1. The molecule has 3 aromatic rings. The lowest BCUT2D eigenvalue weighted by Gasteiger charge is -2.13. The molecular formula is C21H20ClN3O3. The number of benzene rings is 2. The molecular weight excluding hydrogens is 378 g/mol. The Morgan fingerprint density at radius 1 is 1.07 bits per heavy atom. The number of rotatable bonds is 7. The van der Waals surface area contributed by atoms with Gasteiger partial charge in [-0.15, -0.1) is 0 Å². The molecule has 2 aromatic carbocycles. The summed E-state index contributed by atoms with van der Waals surface area (Å²) in [4.78, 5) is 16.8. The fourth-order valence-corrected chi connectivity index (χ4v) is 2.78. The van der Waals surface area contributed by atoms with Crippen LogP contribution in [0.2, 0.25) is 5.02 Å². The highest BCUT2D eigenvalue weighted by atomic mass is 35.5. The monoisotopic (exact) mass is 397 g/mol. The van der Waals surface area contributed by atoms with E-state index in [4.69, 9.17) is 21.1 Å². The minimum atomic E-state index is -0.324. The molecule has 0 aliphatic heterocycles. The van der Waals surface area contributed by atoms with Crippen LogP contribution in [-0.4, -0.2) is 24.6 Å². The van der Waals surface area contributed by atoms with Gasteiger partial charge in [-0.05, 0) is 43.3 Å². The van der Waals surface area contributed by atoms with Crippen molar-refractivity contribution in [1.29, 1.82) is 0 Å². The Bertz CT molecular complexity index is 979. The summed E-state index contributed by atoms with van der Waals surface area (Å²) in [6.07, 6.45) is 3.13. The molecule has 1 heterocycles. The second-order valence-electron chi connectivity index (χ2n) is 5.82. The van der Waals surface area contributed by atoms with Crippen LogP contribution in [0.1, 0.15) is 17.3 Å². The predicted octanol–water partition coefficient (Wildman–Crippen LogP) is 5.14. The highest BCUT2D eigenvalue weighted by Gasteiger charge is 2.12. The van der Waals surface area contributed by atoms with Crippen molar-refractivity contribution in [3.05, 3.63) is 71.5 Å². The third-order valence-corrected chi connectivity index (χ3v) is 4.11. The third-order valence-electron chi connectivity index (χ3n) is 3.88. The Balaban J connectivity index is 1.80. The molecule has 1 aromatic heterocycles. The number of hydrogen-bond acceptors (Lipinski definition) is 5. The topological polar surface area (TPSA) is 72.5 Å². The number of halogens is 1. The number of hydrogen-bond donors (Lipinski definition) is 2. The standard InChI is InChI=1S/C21H20ClN3O3/c1-3-28-20-7-5-4-6-17(20)24-16-10-14(12-23-13-16)21(26)25-18-11-15(22)8-9-19(18)27-2/h4-13,24H,3H2,1-2H3,(H,25,26). The largest absolute Gasteiger partial charge is 0.495 e. The minimum Gasteiger partial charge on any atom is -0.495 e. The highest BCUT2D eigenvalue weighted by Crippen LogP contribution is 2.29. The summed E-state index contributed by atoms with van der Waals surface area (Å²) in [5.41, 5.74) is 2.33. The average Bonchev–Trinajstić information content (AvgIpc) is 2.70. The molecule has 3 rings (SSSR count). The van der Waals surface area contributed by atoms with Crippen molar-refractivity contribution in [2.75, 3.05) is 24.4 Å². The Labute approximate surface area is 168 Å². The third kappa shape index (κ3) is 4.72. The summed E-state index contributed by atoms with van der Waals surface area (Å²) in [6, 6.07) is 14.3. The molecule has 1 amide bonds. The second-order valence-corrected chi connectivity index (χ2v) is 6.25.